The van der Waals surface area contributed by atoms with Crippen molar-refractivity contribution in [3.05, 3.63) is 102 Å². The molecule has 2 atom stereocenters. The number of ether oxygens (including phenoxy) is 1. The summed E-state index contributed by atoms with van der Waals surface area (Å²) in [5.41, 5.74) is 4.34. The molecule has 1 aliphatic heterocycles. The summed E-state index contributed by atoms with van der Waals surface area (Å²) >= 11 is 0. The quantitative estimate of drug-likeness (QED) is 0.269. The Kier molecular flexibility index (Phi) is 7.15. The van der Waals surface area contributed by atoms with Crippen molar-refractivity contribution >= 4 is 28.1 Å². The standard InChI is InChI=1S/C32H34N2O3/c1-21(2)26-16-15-24(19-29(26)32(35)36)34-20-25(37-31-14-7-6-13-30(31)34)17-18-33-22(3)27-12-8-10-23-9-4-5-11-28(23)27/h4-16,19,21-22,25,33H,17-18,20H2,1-3H3,(H,35,36)/t22-,25?/m1/s1. The third-order valence-corrected chi connectivity index (χ3v) is 7.24. The molecule has 1 heterocycles. The molecule has 4 aromatic carbocycles. The third kappa shape index (κ3) is 5.18. The van der Waals surface area contributed by atoms with Gasteiger partial charge in [0, 0.05) is 11.7 Å². The Bertz CT molecular complexity index is 1410. The molecule has 5 nitrogen and oxygen atoms in total. The maximum atomic E-state index is 12.0. The molecule has 4 aromatic rings. The summed E-state index contributed by atoms with van der Waals surface area (Å²) in [6.45, 7) is 7.70. The Balaban J connectivity index is 1.33. The molecule has 0 fully saturated rings. The molecule has 1 aliphatic rings. The van der Waals surface area contributed by atoms with Gasteiger partial charge in [0.25, 0.3) is 0 Å². The lowest BCUT2D eigenvalue weighted by Crippen LogP contribution is -2.39. The largest absolute Gasteiger partial charge is 0.486 e. The Hall–Kier alpha value is -3.83. The van der Waals surface area contributed by atoms with Crippen LogP contribution in [0.3, 0.4) is 0 Å². The van der Waals surface area contributed by atoms with Crippen molar-refractivity contribution in [2.75, 3.05) is 18.0 Å². The highest BCUT2D eigenvalue weighted by atomic mass is 16.5. The van der Waals surface area contributed by atoms with Gasteiger partial charge in [0.1, 0.15) is 11.9 Å². The number of carbonyl (C=O) groups is 1. The predicted molar refractivity (Wildman–Crippen MR) is 150 cm³/mol. The number of carboxylic acids is 1. The molecular formula is C32H34N2O3. The van der Waals surface area contributed by atoms with Gasteiger partial charge in [-0.2, -0.15) is 0 Å². The van der Waals surface area contributed by atoms with Crippen LogP contribution in [0.4, 0.5) is 11.4 Å². The van der Waals surface area contributed by atoms with Crippen molar-refractivity contribution < 1.29 is 14.6 Å². The highest BCUT2D eigenvalue weighted by Crippen LogP contribution is 2.39. The highest BCUT2D eigenvalue weighted by Gasteiger charge is 2.27. The van der Waals surface area contributed by atoms with E-state index in [2.05, 4.69) is 59.6 Å². The van der Waals surface area contributed by atoms with Gasteiger partial charge >= 0.3 is 5.97 Å². The first kappa shape index (κ1) is 24.8. The van der Waals surface area contributed by atoms with Gasteiger partial charge in [-0.25, -0.2) is 4.79 Å². The van der Waals surface area contributed by atoms with Crippen LogP contribution in [0.5, 0.6) is 5.75 Å². The molecule has 0 spiro atoms. The van der Waals surface area contributed by atoms with Crippen molar-refractivity contribution in [3.63, 3.8) is 0 Å². The number of hydrogen-bond acceptors (Lipinski definition) is 4. The van der Waals surface area contributed by atoms with Crippen molar-refractivity contribution in [1.29, 1.82) is 0 Å². The monoisotopic (exact) mass is 494 g/mol. The van der Waals surface area contributed by atoms with Gasteiger partial charge in [-0.1, -0.05) is 74.5 Å². The van der Waals surface area contributed by atoms with Crippen LogP contribution in [0.1, 0.15) is 60.6 Å². The number of para-hydroxylation sites is 2. The number of nitrogens with one attached hydrogen (secondary N) is 1. The average Bonchev–Trinajstić information content (AvgIpc) is 2.91. The van der Waals surface area contributed by atoms with Crippen LogP contribution < -0.4 is 15.0 Å². The molecule has 0 saturated heterocycles. The number of hydrogen-bond donors (Lipinski definition) is 2. The van der Waals surface area contributed by atoms with Gasteiger partial charge in [0.15, 0.2) is 0 Å². The first-order valence-corrected chi connectivity index (χ1v) is 13.0. The lowest BCUT2D eigenvalue weighted by molar-refractivity contribution is 0.0695. The van der Waals surface area contributed by atoms with E-state index < -0.39 is 5.97 Å². The fourth-order valence-corrected chi connectivity index (χ4v) is 5.29. The van der Waals surface area contributed by atoms with Crippen LogP contribution in [-0.2, 0) is 0 Å². The van der Waals surface area contributed by atoms with Crippen LogP contribution >= 0.6 is 0 Å². The molecule has 0 radical (unpaired) electrons. The summed E-state index contributed by atoms with van der Waals surface area (Å²) in [5.74, 6) is 0.0700. The van der Waals surface area contributed by atoms with Gasteiger partial charge in [-0.05, 0) is 72.0 Å². The zero-order valence-corrected chi connectivity index (χ0v) is 21.6. The Morgan fingerprint density at radius 1 is 0.973 bits per heavy atom. The number of benzene rings is 4. The molecular weight excluding hydrogens is 460 g/mol. The maximum Gasteiger partial charge on any atom is 0.336 e. The molecule has 0 aromatic heterocycles. The lowest BCUT2D eigenvalue weighted by Gasteiger charge is -2.37. The summed E-state index contributed by atoms with van der Waals surface area (Å²) in [7, 11) is 0. The van der Waals surface area contributed by atoms with Gasteiger partial charge in [0.2, 0.25) is 0 Å². The fraction of sp³-hybridized carbons (Fsp3) is 0.281. The number of carboxylic acid groups (broad SMARTS) is 1. The van der Waals surface area contributed by atoms with Crippen molar-refractivity contribution in [3.8, 4) is 5.75 Å². The van der Waals surface area contributed by atoms with Crippen LogP contribution in [0.15, 0.2) is 84.9 Å². The summed E-state index contributed by atoms with van der Waals surface area (Å²) in [6.07, 6.45) is 0.802. The predicted octanol–water partition coefficient (Wildman–Crippen LogP) is 7.30. The fourth-order valence-electron chi connectivity index (χ4n) is 5.29. The molecule has 0 bridgehead atoms. The first-order chi connectivity index (χ1) is 17.9. The van der Waals surface area contributed by atoms with Gasteiger partial charge < -0.3 is 20.1 Å². The second kappa shape index (κ2) is 10.7. The summed E-state index contributed by atoms with van der Waals surface area (Å²) < 4.78 is 6.38. The SMILES string of the molecule is CC(C)c1ccc(N2CC(CCN[C@H](C)c3cccc4ccccc34)Oc3ccccc32)cc1C(=O)O. The molecule has 0 saturated carbocycles. The summed E-state index contributed by atoms with van der Waals surface area (Å²) in [6, 6.07) is 28.9. The van der Waals surface area contributed by atoms with E-state index in [9.17, 15) is 9.90 Å². The average molecular weight is 495 g/mol. The van der Waals surface area contributed by atoms with Crippen LogP contribution in [-0.4, -0.2) is 30.3 Å². The minimum absolute atomic E-state index is 0.0276. The van der Waals surface area contributed by atoms with Gasteiger partial charge in [0.05, 0.1) is 17.8 Å². The zero-order valence-electron chi connectivity index (χ0n) is 21.6. The zero-order chi connectivity index (χ0) is 25.9. The van der Waals surface area contributed by atoms with E-state index in [4.69, 9.17) is 4.74 Å². The van der Waals surface area contributed by atoms with Crippen LogP contribution in [0, 0.1) is 0 Å². The number of aromatic carboxylic acids is 1. The molecule has 5 rings (SSSR count). The van der Waals surface area contributed by atoms with Gasteiger partial charge in [-0.3, -0.25) is 0 Å². The van der Waals surface area contributed by atoms with E-state index in [-0.39, 0.29) is 18.1 Å². The summed E-state index contributed by atoms with van der Waals surface area (Å²) in [4.78, 5) is 14.2. The Morgan fingerprint density at radius 2 is 1.73 bits per heavy atom. The second-order valence-corrected chi connectivity index (χ2v) is 10.1. The molecule has 1 unspecified atom stereocenters. The van der Waals surface area contributed by atoms with E-state index in [1.54, 1.807) is 6.07 Å². The van der Waals surface area contributed by atoms with E-state index in [1.165, 1.54) is 16.3 Å². The van der Waals surface area contributed by atoms with E-state index in [1.807, 2.05) is 50.2 Å². The van der Waals surface area contributed by atoms with E-state index >= 15 is 0 Å². The minimum Gasteiger partial charge on any atom is -0.486 e. The number of fused-ring (bicyclic) bond motifs is 2. The van der Waals surface area contributed by atoms with Crippen molar-refractivity contribution in [1.82, 2.24) is 5.32 Å². The number of nitrogens with zero attached hydrogens (tertiary/aromatic N) is 1. The molecule has 2 N–H and O–H groups in total. The topological polar surface area (TPSA) is 61.8 Å². The highest BCUT2D eigenvalue weighted by molar-refractivity contribution is 5.91. The summed E-state index contributed by atoms with van der Waals surface area (Å²) in [5, 5.41) is 16.1. The third-order valence-electron chi connectivity index (χ3n) is 7.24. The first-order valence-electron chi connectivity index (χ1n) is 13.0. The molecule has 0 aliphatic carbocycles. The lowest BCUT2D eigenvalue weighted by atomic mass is 9.96. The number of anilines is 2. The van der Waals surface area contributed by atoms with Crippen LogP contribution in [0.2, 0.25) is 0 Å². The Morgan fingerprint density at radius 3 is 2.54 bits per heavy atom. The number of rotatable bonds is 8. The smallest absolute Gasteiger partial charge is 0.336 e. The van der Waals surface area contributed by atoms with E-state index in [0.29, 0.717) is 12.1 Å². The molecule has 190 valence electrons. The second-order valence-electron chi connectivity index (χ2n) is 10.1. The minimum atomic E-state index is -0.893. The molecule has 0 amide bonds. The molecule has 5 heteroatoms. The maximum absolute atomic E-state index is 12.0. The molecule has 37 heavy (non-hydrogen) atoms. The van der Waals surface area contributed by atoms with Crippen LogP contribution in [0.25, 0.3) is 10.8 Å². The van der Waals surface area contributed by atoms with Crippen molar-refractivity contribution in [2.24, 2.45) is 0 Å². The van der Waals surface area contributed by atoms with E-state index in [0.717, 1.165) is 35.7 Å². The normalized spacial score (nSPS) is 15.9. The Labute approximate surface area is 218 Å². The van der Waals surface area contributed by atoms with Gasteiger partial charge in [-0.15, -0.1) is 0 Å². The van der Waals surface area contributed by atoms with Crippen molar-refractivity contribution in [2.45, 2.75) is 45.3 Å².